The second-order valence-corrected chi connectivity index (χ2v) is 8.92. The van der Waals surface area contributed by atoms with Crippen LogP contribution in [0.1, 0.15) is 53.7 Å². The van der Waals surface area contributed by atoms with Crippen LogP contribution < -0.4 is 16.4 Å². The largest absolute Gasteiger partial charge is 0.416 e. The van der Waals surface area contributed by atoms with Crippen LogP contribution in [0, 0.1) is 0 Å². The molecule has 0 aliphatic carbocycles. The number of halogens is 5. The van der Waals surface area contributed by atoms with E-state index in [9.17, 15) is 27.9 Å². The third-order valence-electron chi connectivity index (χ3n) is 6.11. The number of fused-ring (bicyclic) bond motifs is 1. The van der Waals surface area contributed by atoms with Crippen molar-refractivity contribution >= 4 is 40.7 Å². The zero-order chi connectivity index (χ0) is 24.9. The molecule has 3 rings (SSSR count). The molecule has 6 nitrogen and oxygen atoms in total. The monoisotopic (exact) mass is 503 g/mol. The Labute approximate surface area is 198 Å². The molecule has 0 saturated carbocycles. The molecule has 1 heterocycles. The Morgan fingerprint density at radius 1 is 1.15 bits per heavy atom. The SMILES string of the molecule is CCC(N)(CC)CN1C(=O)C(O)(c2cc(Cl)ccc2Cl)c2c1cc(C(N)=O)cc2C(F)(F)F. The maximum atomic E-state index is 14.2. The molecule has 1 aliphatic heterocycles. The Morgan fingerprint density at radius 2 is 1.76 bits per heavy atom. The fraction of sp³-hybridized carbons (Fsp3) is 0.364. The first kappa shape index (κ1) is 25.3. The van der Waals surface area contributed by atoms with Gasteiger partial charge >= 0.3 is 6.18 Å². The highest BCUT2D eigenvalue weighted by molar-refractivity contribution is 6.34. The van der Waals surface area contributed by atoms with Gasteiger partial charge in [-0.05, 0) is 43.2 Å². The second kappa shape index (κ2) is 8.47. The predicted octanol–water partition coefficient (Wildman–Crippen LogP) is 4.21. The predicted molar refractivity (Wildman–Crippen MR) is 119 cm³/mol. The van der Waals surface area contributed by atoms with Crippen molar-refractivity contribution in [1.29, 1.82) is 0 Å². The molecular weight excluding hydrogens is 482 g/mol. The molecule has 0 aromatic heterocycles. The summed E-state index contributed by atoms with van der Waals surface area (Å²) in [6, 6.07) is 5.33. The van der Waals surface area contributed by atoms with Crippen molar-refractivity contribution < 1.29 is 27.9 Å². The fourth-order valence-electron chi connectivity index (χ4n) is 3.97. The smallest absolute Gasteiger partial charge is 0.372 e. The number of nitrogens with two attached hydrogens (primary N) is 2. The molecular formula is C22H22Cl2F3N3O3. The number of hydrogen-bond donors (Lipinski definition) is 3. The summed E-state index contributed by atoms with van der Waals surface area (Å²) in [7, 11) is 0. The van der Waals surface area contributed by atoms with E-state index in [0.717, 1.165) is 17.0 Å². The summed E-state index contributed by atoms with van der Waals surface area (Å²) >= 11 is 12.2. The van der Waals surface area contributed by atoms with Crippen LogP contribution in [0.4, 0.5) is 18.9 Å². The first-order valence-corrected chi connectivity index (χ1v) is 10.8. The highest BCUT2D eigenvalue weighted by atomic mass is 35.5. The van der Waals surface area contributed by atoms with Crippen molar-refractivity contribution in [3.05, 3.63) is 62.6 Å². The average molecular weight is 504 g/mol. The highest BCUT2D eigenvalue weighted by Crippen LogP contribution is 2.52. The number of aliphatic hydroxyl groups is 1. The molecule has 11 heteroatoms. The number of amides is 2. The van der Waals surface area contributed by atoms with Gasteiger partial charge in [0.25, 0.3) is 5.91 Å². The van der Waals surface area contributed by atoms with Gasteiger partial charge in [-0.3, -0.25) is 9.59 Å². The van der Waals surface area contributed by atoms with Crippen LogP contribution in [0.5, 0.6) is 0 Å². The maximum absolute atomic E-state index is 14.2. The molecule has 1 unspecified atom stereocenters. The topological polar surface area (TPSA) is 110 Å². The lowest BCUT2D eigenvalue weighted by atomic mass is 9.83. The highest BCUT2D eigenvalue weighted by Gasteiger charge is 2.57. The van der Waals surface area contributed by atoms with Gasteiger partial charge in [0.1, 0.15) is 0 Å². The van der Waals surface area contributed by atoms with Gasteiger partial charge in [0, 0.05) is 38.8 Å². The molecule has 178 valence electrons. The number of carbonyl (C=O) groups excluding carboxylic acids is 2. The van der Waals surface area contributed by atoms with Gasteiger partial charge in [0.05, 0.1) is 11.3 Å². The van der Waals surface area contributed by atoms with E-state index in [2.05, 4.69) is 0 Å². The van der Waals surface area contributed by atoms with E-state index in [1.807, 2.05) is 0 Å². The maximum Gasteiger partial charge on any atom is 0.416 e. The standard InChI is InChI=1S/C22H22Cl2F3N3O3/c1-3-20(29,4-2)10-30-16-8-11(18(28)31)7-14(22(25,26)27)17(16)21(33,19(30)32)13-9-12(23)5-6-15(13)24/h5-9,33H,3-4,10,29H2,1-2H3,(H2,28,31). The fourth-order valence-corrected chi connectivity index (χ4v) is 4.39. The minimum atomic E-state index is -5.04. The van der Waals surface area contributed by atoms with Gasteiger partial charge in [-0.2, -0.15) is 13.2 Å². The lowest BCUT2D eigenvalue weighted by Gasteiger charge is -2.33. The van der Waals surface area contributed by atoms with Gasteiger partial charge in [-0.1, -0.05) is 37.0 Å². The van der Waals surface area contributed by atoms with Crippen LogP contribution in [0.25, 0.3) is 0 Å². The average Bonchev–Trinajstić information content (AvgIpc) is 2.96. The van der Waals surface area contributed by atoms with Crippen LogP contribution >= 0.6 is 23.2 Å². The van der Waals surface area contributed by atoms with Gasteiger partial charge in [0.2, 0.25) is 5.91 Å². The van der Waals surface area contributed by atoms with Gasteiger partial charge in [-0.15, -0.1) is 0 Å². The molecule has 0 radical (unpaired) electrons. The van der Waals surface area contributed by atoms with Gasteiger partial charge < -0.3 is 21.5 Å². The number of rotatable bonds is 6. The van der Waals surface area contributed by atoms with Crippen molar-refractivity contribution in [2.45, 2.75) is 44.0 Å². The minimum Gasteiger partial charge on any atom is -0.372 e. The Hall–Kier alpha value is -2.33. The number of primary amides is 1. The molecule has 0 fully saturated rings. The van der Waals surface area contributed by atoms with E-state index in [-0.39, 0.29) is 27.8 Å². The third-order valence-corrected chi connectivity index (χ3v) is 6.68. The van der Waals surface area contributed by atoms with E-state index in [1.54, 1.807) is 13.8 Å². The molecule has 0 saturated heterocycles. The van der Waals surface area contributed by atoms with Crippen LogP contribution in [0.15, 0.2) is 30.3 Å². The van der Waals surface area contributed by atoms with E-state index < -0.39 is 45.8 Å². The summed E-state index contributed by atoms with van der Waals surface area (Å²) in [4.78, 5) is 26.4. The van der Waals surface area contributed by atoms with Crippen molar-refractivity contribution in [2.75, 3.05) is 11.4 Å². The van der Waals surface area contributed by atoms with E-state index in [1.165, 1.54) is 12.1 Å². The van der Waals surface area contributed by atoms with Gasteiger partial charge in [-0.25, -0.2) is 0 Å². The molecule has 0 spiro atoms. The van der Waals surface area contributed by atoms with E-state index in [0.29, 0.717) is 18.9 Å². The first-order chi connectivity index (χ1) is 15.2. The number of alkyl halides is 3. The quantitative estimate of drug-likeness (QED) is 0.548. The number of benzene rings is 2. The Bertz CT molecular complexity index is 1140. The summed E-state index contributed by atoms with van der Waals surface area (Å²) < 4.78 is 42.5. The first-order valence-electron chi connectivity index (χ1n) is 10.0. The van der Waals surface area contributed by atoms with Crippen molar-refractivity contribution in [3.8, 4) is 0 Å². The van der Waals surface area contributed by atoms with Crippen molar-refractivity contribution in [2.24, 2.45) is 11.5 Å². The summed E-state index contributed by atoms with van der Waals surface area (Å²) in [6.07, 6.45) is -4.26. The van der Waals surface area contributed by atoms with Crippen LogP contribution in [-0.2, 0) is 16.6 Å². The summed E-state index contributed by atoms with van der Waals surface area (Å²) in [5.74, 6) is -2.22. The Balaban J connectivity index is 2.44. The number of hydrogen-bond acceptors (Lipinski definition) is 4. The molecule has 0 bridgehead atoms. The molecule has 2 aromatic carbocycles. The molecule has 2 amide bonds. The van der Waals surface area contributed by atoms with Crippen LogP contribution in [0.3, 0.4) is 0 Å². The summed E-state index contributed by atoms with van der Waals surface area (Å²) in [6.45, 7) is 3.32. The molecule has 2 aromatic rings. The molecule has 33 heavy (non-hydrogen) atoms. The second-order valence-electron chi connectivity index (χ2n) is 8.08. The lowest BCUT2D eigenvalue weighted by molar-refractivity contribution is -0.142. The third kappa shape index (κ3) is 4.19. The van der Waals surface area contributed by atoms with Crippen molar-refractivity contribution in [3.63, 3.8) is 0 Å². The molecule has 5 N–H and O–H groups in total. The van der Waals surface area contributed by atoms with Gasteiger partial charge in [0.15, 0.2) is 5.60 Å². The zero-order valence-corrected chi connectivity index (χ0v) is 19.3. The number of anilines is 1. The normalized spacial score (nSPS) is 18.6. The molecule has 1 aliphatic rings. The van der Waals surface area contributed by atoms with E-state index in [4.69, 9.17) is 34.7 Å². The summed E-state index contributed by atoms with van der Waals surface area (Å²) in [5, 5.41) is 11.6. The summed E-state index contributed by atoms with van der Waals surface area (Å²) in [5.41, 5.74) is 4.55. The molecule has 1 atom stereocenters. The number of carbonyl (C=O) groups is 2. The van der Waals surface area contributed by atoms with E-state index >= 15 is 0 Å². The number of nitrogens with zero attached hydrogens (tertiary/aromatic N) is 1. The van der Waals surface area contributed by atoms with Crippen LogP contribution in [-0.4, -0.2) is 29.0 Å². The Kier molecular flexibility index (Phi) is 6.49. The Morgan fingerprint density at radius 3 is 2.27 bits per heavy atom. The van der Waals surface area contributed by atoms with Crippen molar-refractivity contribution in [1.82, 2.24) is 0 Å². The lowest BCUT2D eigenvalue weighted by Crippen LogP contribution is -2.53. The zero-order valence-electron chi connectivity index (χ0n) is 17.8. The minimum absolute atomic E-state index is 0.0493. The van der Waals surface area contributed by atoms with Crippen LogP contribution in [0.2, 0.25) is 10.0 Å².